The Morgan fingerprint density at radius 3 is 2.88 bits per heavy atom. The van der Waals surface area contributed by atoms with Crippen molar-refractivity contribution in [3.8, 4) is 0 Å². The van der Waals surface area contributed by atoms with Crippen molar-refractivity contribution < 1.29 is 13.5 Å². The predicted octanol–water partition coefficient (Wildman–Crippen LogP) is 6.20. The van der Waals surface area contributed by atoms with E-state index in [0.29, 0.717) is 10.4 Å². The molecule has 0 aliphatic carbocycles. The summed E-state index contributed by atoms with van der Waals surface area (Å²) in [6.45, 7) is 5.60. The van der Waals surface area contributed by atoms with Gasteiger partial charge in [0.05, 0.1) is 21.4 Å². The Kier molecular flexibility index (Phi) is 5.17. The number of hydrogen-bond donors (Lipinski definition) is 1. The first kappa shape index (κ1) is 21.1. The van der Waals surface area contributed by atoms with Crippen molar-refractivity contribution in [1.29, 1.82) is 0 Å². The van der Waals surface area contributed by atoms with Gasteiger partial charge >= 0.3 is 0 Å². The molecule has 4 aromatic rings. The van der Waals surface area contributed by atoms with E-state index >= 15 is 4.39 Å². The van der Waals surface area contributed by atoms with Gasteiger partial charge in [0.25, 0.3) is 0 Å². The van der Waals surface area contributed by atoms with E-state index in [0.717, 1.165) is 54.2 Å². The summed E-state index contributed by atoms with van der Waals surface area (Å²) >= 11 is 2.84. The summed E-state index contributed by atoms with van der Waals surface area (Å²) in [5.74, 6) is -1.31. The van der Waals surface area contributed by atoms with Gasteiger partial charge in [0.2, 0.25) is 0 Å². The Bertz CT molecular complexity index is 1390. The lowest BCUT2D eigenvalue weighted by Gasteiger charge is -2.43. The first-order chi connectivity index (χ1) is 16.1. The number of ether oxygens (including phenoxy) is 1. The number of anilines is 2. The van der Waals surface area contributed by atoms with E-state index in [1.807, 2.05) is 0 Å². The lowest BCUT2D eigenvalue weighted by atomic mass is 9.82. The summed E-state index contributed by atoms with van der Waals surface area (Å²) in [4.78, 5) is 13.1. The minimum Gasteiger partial charge on any atom is -0.381 e. The van der Waals surface area contributed by atoms with E-state index in [-0.39, 0.29) is 16.7 Å². The van der Waals surface area contributed by atoms with Crippen LogP contribution >= 0.6 is 22.7 Å². The summed E-state index contributed by atoms with van der Waals surface area (Å²) in [7, 11) is 0. The lowest BCUT2D eigenvalue weighted by molar-refractivity contribution is 0.0145. The van der Waals surface area contributed by atoms with Crippen LogP contribution in [0.1, 0.15) is 24.6 Å². The third-order valence-corrected chi connectivity index (χ3v) is 8.66. The largest absolute Gasteiger partial charge is 0.381 e. The minimum absolute atomic E-state index is 0.0185. The number of aromatic nitrogens is 2. The number of fused-ring (bicyclic) bond motifs is 2. The Labute approximate surface area is 197 Å². The second kappa shape index (κ2) is 8.09. The maximum absolute atomic E-state index is 15.0. The number of pyridine rings is 1. The molecule has 0 amide bonds. The van der Waals surface area contributed by atoms with Crippen molar-refractivity contribution in [2.45, 2.75) is 25.3 Å². The molecular weight excluding hydrogens is 462 g/mol. The van der Waals surface area contributed by atoms with Crippen LogP contribution < -0.4 is 5.32 Å². The second-order valence-electron chi connectivity index (χ2n) is 8.36. The van der Waals surface area contributed by atoms with Crippen molar-refractivity contribution in [3.05, 3.63) is 52.5 Å². The molecule has 0 saturated carbocycles. The number of thiazole rings is 1. The third kappa shape index (κ3) is 3.29. The highest BCUT2D eigenvalue weighted by Gasteiger charge is 2.45. The van der Waals surface area contributed by atoms with E-state index < -0.39 is 11.6 Å². The molecule has 170 valence electrons. The topological polar surface area (TPSA) is 50.3 Å². The predicted molar refractivity (Wildman–Crippen MR) is 130 cm³/mol. The normalized spacial score (nSPS) is 18.5. The van der Waals surface area contributed by atoms with Gasteiger partial charge in [0.15, 0.2) is 11.6 Å². The lowest BCUT2D eigenvalue weighted by Crippen LogP contribution is -2.49. The summed E-state index contributed by atoms with van der Waals surface area (Å²) in [5.41, 5.74) is 3.44. The zero-order valence-electron chi connectivity index (χ0n) is 18.0. The van der Waals surface area contributed by atoms with Crippen molar-refractivity contribution in [1.82, 2.24) is 14.9 Å². The van der Waals surface area contributed by atoms with Crippen LogP contribution in [-0.4, -0.2) is 46.7 Å². The van der Waals surface area contributed by atoms with Crippen LogP contribution in [0, 0.1) is 11.6 Å². The van der Waals surface area contributed by atoms with Crippen molar-refractivity contribution >= 4 is 60.1 Å². The standard InChI is InChI=1S/C24H22F2N4OS2/c1-2-30-8-4-15(24(30)5-9-31-10-6-24)18-11-14-17(3-7-27-23(14)33-18)29-21-16(25)12-19-22(20(21)26)28-13-32-19/h3-4,7,11-13H,2,5-6,8-10H2,1H3,(H,27,29). The third-order valence-electron chi connectivity index (χ3n) is 6.80. The van der Waals surface area contributed by atoms with E-state index in [1.165, 1.54) is 28.5 Å². The van der Waals surface area contributed by atoms with Gasteiger partial charge in [-0.1, -0.05) is 13.0 Å². The molecule has 0 radical (unpaired) electrons. The average molecular weight is 485 g/mol. The molecule has 0 bridgehead atoms. The molecule has 0 unspecified atom stereocenters. The SMILES string of the molecule is CCN1CC=C(c2cc3c(Nc4c(F)cc5scnc5c4F)ccnc3s2)C12CCOCC2. The Balaban J connectivity index is 1.41. The fourth-order valence-electron chi connectivity index (χ4n) is 5.16. The summed E-state index contributed by atoms with van der Waals surface area (Å²) < 4.78 is 35.9. The molecule has 9 heteroatoms. The molecule has 2 aliphatic rings. The Morgan fingerprint density at radius 2 is 2.06 bits per heavy atom. The first-order valence-electron chi connectivity index (χ1n) is 11.0. The first-order valence-corrected chi connectivity index (χ1v) is 12.7. The van der Waals surface area contributed by atoms with Crippen LogP contribution in [0.4, 0.5) is 20.2 Å². The second-order valence-corrected chi connectivity index (χ2v) is 10.3. The molecule has 2 aliphatic heterocycles. The zero-order chi connectivity index (χ0) is 22.6. The van der Waals surface area contributed by atoms with Crippen LogP contribution in [-0.2, 0) is 4.74 Å². The van der Waals surface area contributed by atoms with E-state index in [4.69, 9.17) is 4.74 Å². The molecule has 1 spiro atoms. The van der Waals surface area contributed by atoms with Crippen LogP contribution in [0.15, 0.2) is 36.0 Å². The van der Waals surface area contributed by atoms with Gasteiger partial charge in [-0.3, -0.25) is 4.90 Å². The molecule has 0 atom stereocenters. The molecule has 1 fully saturated rings. The maximum Gasteiger partial charge on any atom is 0.176 e. The van der Waals surface area contributed by atoms with Gasteiger partial charge in [-0.2, -0.15) is 0 Å². The zero-order valence-corrected chi connectivity index (χ0v) is 19.7. The number of thiophene rings is 1. The molecule has 1 saturated heterocycles. The minimum atomic E-state index is -0.676. The van der Waals surface area contributed by atoms with E-state index in [9.17, 15) is 4.39 Å². The number of hydrogen-bond acceptors (Lipinski definition) is 7. The average Bonchev–Trinajstić information content (AvgIpc) is 3.54. The highest BCUT2D eigenvalue weighted by Crippen LogP contribution is 2.47. The summed E-state index contributed by atoms with van der Waals surface area (Å²) in [6.07, 6.45) is 5.92. The van der Waals surface area contributed by atoms with Gasteiger partial charge in [-0.15, -0.1) is 22.7 Å². The van der Waals surface area contributed by atoms with Gasteiger partial charge in [-0.25, -0.2) is 18.7 Å². The van der Waals surface area contributed by atoms with E-state index in [1.54, 1.807) is 23.6 Å². The highest BCUT2D eigenvalue weighted by molar-refractivity contribution is 7.19. The summed E-state index contributed by atoms with van der Waals surface area (Å²) in [5, 5.41) is 3.85. The molecule has 1 N–H and O–H groups in total. The van der Waals surface area contributed by atoms with E-state index in [2.05, 4.69) is 39.3 Å². The number of benzene rings is 1. The van der Waals surface area contributed by atoms with Crippen LogP contribution in [0.5, 0.6) is 0 Å². The molecule has 5 heterocycles. The molecular formula is C24H22F2N4OS2. The molecule has 5 nitrogen and oxygen atoms in total. The molecule has 6 rings (SSSR count). The Hall–Kier alpha value is -2.46. The number of rotatable bonds is 4. The monoisotopic (exact) mass is 484 g/mol. The number of halogens is 2. The smallest absolute Gasteiger partial charge is 0.176 e. The van der Waals surface area contributed by atoms with Crippen LogP contribution in [0.3, 0.4) is 0 Å². The fourth-order valence-corrected chi connectivity index (χ4v) is 7.01. The fraction of sp³-hybridized carbons (Fsp3) is 0.333. The van der Waals surface area contributed by atoms with Gasteiger partial charge in [0, 0.05) is 36.2 Å². The highest BCUT2D eigenvalue weighted by atomic mass is 32.1. The molecule has 3 aromatic heterocycles. The van der Waals surface area contributed by atoms with Gasteiger partial charge in [-0.05, 0) is 43.2 Å². The molecule has 33 heavy (non-hydrogen) atoms. The van der Waals surface area contributed by atoms with Crippen molar-refractivity contribution in [2.24, 2.45) is 0 Å². The number of nitrogens with zero attached hydrogens (tertiary/aromatic N) is 3. The van der Waals surface area contributed by atoms with Gasteiger partial charge in [0.1, 0.15) is 16.0 Å². The van der Waals surface area contributed by atoms with Gasteiger partial charge < -0.3 is 10.1 Å². The van der Waals surface area contributed by atoms with Crippen molar-refractivity contribution in [2.75, 3.05) is 31.6 Å². The van der Waals surface area contributed by atoms with Crippen LogP contribution in [0.2, 0.25) is 0 Å². The van der Waals surface area contributed by atoms with Crippen LogP contribution in [0.25, 0.3) is 26.0 Å². The number of nitrogens with one attached hydrogen (secondary N) is 1. The van der Waals surface area contributed by atoms with Crippen molar-refractivity contribution in [3.63, 3.8) is 0 Å². The number of likely N-dealkylation sites (N-methyl/N-ethyl adjacent to an activating group) is 1. The maximum atomic E-state index is 15.0. The summed E-state index contributed by atoms with van der Waals surface area (Å²) in [6, 6.07) is 5.19. The molecule has 1 aromatic carbocycles. The quantitative estimate of drug-likeness (QED) is 0.374. The Morgan fingerprint density at radius 1 is 1.21 bits per heavy atom.